The standard InChI is InChI=1S/C15H16N4O5S3/c1-4-7-27(22)9-5-6-10(16-12(25)18-14(20)23-2)11(8-9)17-13(26)19-15(21)24-3/h1,5-6,8H,7H2,2-3H3,(H2,16,18,20,25)(H2,17,19,21,26). The second kappa shape index (κ2) is 11.2. The molecule has 144 valence electrons. The third-order valence-corrected chi connectivity index (χ3v) is 4.38. The van der Waals surface area contributed by atoms with E-state index in [1.165, 1.54) is 20.3 Å². The summed E-state index contributed by atoms with van der Waals surface area (Å²) in [6.07, 6.45) is 3.67. The Morgan fingerprint density at radius 1 is 1.11 bits per heavy atom. The monoisotopic (exact) mass is 428 g/mol. The molecule has 27 heavy (non-hydrogen) atoms. The molecule has 0 fully saturated rings. The van der Waals surface area contributed by atoms with Crippen molar-refractivity contribution in [3.05, 3.63) is 18.2 Å². The maximum absolute atomic E-state index is 12.1. The molecule has 12 heteroatoms. The minimum Gasteiger partial charge on any atom is -0.611 e. The Kier molecular flexibility index (Phi) is 9.31. The second-order valence-corrected chi connectivity index (χ2v) is 6.81. The smallest absolute Gasteiger partial charge is 0.413 e. The predicted octanol–water partition coefficient (Wildman–Crippen LogP) is 1.53. The van der Waals surface area contributed by atoms with Crippen LogP contribution in [0.15, 0.2) is 23.1 Å². The van der Waals surface area contributed by atoms with Gasteiger partial charge in [0, 0.05) is 6.07 Å². The molecule has 0 aliphatic rings. The van der Waals surface area contributed by atoms with Crippen LogP contribution in [0.3, 0.4) is 0 Å². The molecule has 1 aromatic rings. The number of carbonyl (C=O) groups excluding carboxylic acids is 2. The van der Waals surface area contributed by atoms with Gasteiger partial charge in [-0.05, 0) is 47.7 Å². The fourth-order valence-electron chi connectivity index (χ4n) is 1.63. The van der Waals surface area contributed by atoms with Crippen LogP contribution in [0.5, 0.6) is 0 Å². The van der Waals surface area contributed by atoms with Crippen molar-refractivity contribution >= 4 is 69.4 Å². The van der Waals surface area contributed by atoms with E-state index in [-0.39, 0.29) is 16.0 Å². The van der Waals surface area contributed by atoms with E-state index in [0.717, 1.165) is 0 Å². The van der Waals surface area contributed by atoms with Crippen molar-refractivity contribution in [2.24, 2.45) is 0 Å². The van der Waals surface area contributed by atoms with Crippen molar-refractivity contribution in [3.8, 4) is 12.3 Å². The zero-order chi connectivity index (χ0) is 20.4. The van der Waals surface area contributed by atoms with E-state index in [1.807, 2.05) is 0 Å². The summed E-state index contributed by atoms with van der Waals surface area (Å²) in [7, 11) is 2.38. The molecule has 1 atom stereocenters. The first-order valence-electron chi connectivity index (χ1n) is 7.08. The minimum atomic E-state index is -1.43. The molecule has 0 radical (unpaired) electrons. The zero-order valence-electron chi connectivity index (χ0n) is 14.3. The lowest BCUT2D eigenvalue weighted by molar-refractivity contribution is 0.176. The number of benzene rings is 1. The summed E-state index contributed by atoms with van der Waals surface area (Å²) < 4.78 is 21.0. The summed E-state index contributed by atoms with van der Waals surface area (Å²) in [6, 6.07) is 4.64. The molecule has 0 aliphatic heterocycles. The van der Waals surface area contributed by atoms with Crippen LogP contribution in [0.1, 0.15) is 0 Å². The quantitative estimate of drug-likeness (QED) is 0.321. The molecular formula is C15H16N4O5S3. The third kappa shape index (κ3) is 7.67. The number of amides is 2. The van der Waals surface area contributed by atoms with Crippen molar-refractivity contribution in [3.63, 3.8) is 0 Å². The maximum Gasteiger partial charge on any atom is 0.413 e. The fraction of sp³-hybridized carbons (Fsp3) is 0.200. The highest BCUT2D eigenvalue weighted by atomic mass is 32.2. The Morgan fingerprint density at radius 2 is 1.63 bits per heavy atom. The SMILES string of the molecule is C#CC[S+]([O-])c1ccc(NC(=S)NC(=O)OC)c(NC(=S)NC(=O)OC)c1. The van der Waals surface area contributed by atoms with Crippen LogP contribution in [0.25, 0.3) is 0 Å². The van der Waals surface area contributed by atoms with Crippen LogP contribution in [0, 0.1) is 12.3 Å². The molecule has 0 saturated carbocycles. The van der Waals surface area contributed by atoms with E-state index in [9.17, 15) is 14.1 Å². The molecular weight excluding hydrogens is 412 g/mol. The van der Waals surface area contributed by atoms with Crippen molar-refractivity contribution in [1.29, 1.82) is 0 Å². The molecule has 0 spiro atoms. The molecule has 1 unspecified atom stereocenters. The maximum atomic E-state index is 12.1. The van der Waals surface area contributed by atoms with Crippen LogP contribution in [0.4, 0.5) is 21.0 Å². The van der Waals surface area contributed by atoms with Gasteiger partial charge >= 0.3 is 12.2 Å². The summed E-state index contributed by atoms with van der Waals surface area (Å²) in [5, 5.41) is 9.95. The first kappa shape index (κ1) is 22.5. The Labute approximate surface area is 169 Å². The van der Waals surface area contributed by atoms with Crippen LogP contribution in [-0.4, -0.2) is 46.9 Å². The van der Waals surface area contributed by atoms with Gasteiger partial charge in [-0.2, -0.15) is 0 Å². The van der Waals surface area contributed by atoms with E-state index in [0.29, 0.717) is 16.3 Å². The number of terminal acetylenes is 1. The van der Waals surface area contributed by atoms with Gasteiger partial charge in [-0.25, -0.2) is 9.59 Å². The average molecular weight is 429 g/mol. The number of alkyl carbamates (subject to hydrolysis) is 2. The number of hydrogen-bond acceptors (Lipinski definition) is 7. The van der Waals surface area contributed by atoms with Gasteiger partial charge in [0.05, 0.1) is 25.6 Å². The normalized spacial score (nSPS) is 10.6. The number of ether oxygens (including phenoxy) is 2. The number of hydrogen-bond donors (Lipinski definition) is 4. The number of methoxy groups -OCH3 is 2. The lowest BCUT2D eigenvalue weighted by Gasteiger charge is -2.17. The molecule has 1 rings (SSSR count). The van der Waals surface area contributed by atoms with Crippen LogP contribution < -0.4 is 21.3 Å². The highest BCUT2D eigenvalue weighted by molar-refractivity contribution is 7.91. The predicted molar refractivity (Wildman–Crippen MR) is 110 cm³/mol. The second-order valence-electron chi connectivity index (χ2n) is 4.54. The third-order valence-electron chi connectivity index (χ3n) is 2.77. The van der Waals surface area contributed by atoms with Gasteiger partial charge in [-0.3, -0.25) is 10.6 Å². The van der Waals surface area contributed by atoms with Gasteiger partial charge in [0.25, 0.3) is 0 Å². The van der Waals surface area contributed by atoms with Crippen molar-refractivity contribution in [2.45, 2.75) is 4.90 Å². The molecule has 9 nitrogen and oxygen atoms in total. The van der Waals surface area contributed by atoms with E-state index in [2.05, 4.69) is 36.7 Å². The Morgan fingerprint density at radius 3 is 2.11 bits per heavy atom. The fourth-order valence-corrected chi connectivity index (χ4v) is 2.80. The Balaban J connectivity index is 3.07. The van der Waals surface area contributed by atoms with E-state index < -0.39 is 23.4 Å². The van der Waals surface area contributed by atoms with Crippen LogP contribution in [-0.2, 0) is 20.6 Å². The topological polar surface area (TPSA) is 124 Å². The van der Waals surface area contributed by atoms with Crippen molar-refractivity contribution < 1.29 is 23.6 Å². The molecule has 0 saturated heterocycles. The highest BCUT2D eigenvalue weighted by Crippen LogP contribution is 2.26. The van der Waals surface area contributed by atoms with Crippen molar-refractivity contribution in [2.75, 3.05) is 30.6 Å². The molecule has 0 aromatic heterocycles. The number of thiocarbonyl (C=S) groups is 2. The molecule has 0 heterocycles. The average Bonchev–Trinajstić information content (AvgIpc) is 2.62. The summed E-state index contributed by atoms with van der Waals surface area (Å²) in [4.78, 5) is 22.9. The van der Waals surface area contributed by atoms with E-state index >= 15 is 0 Å². The number of carbonyl (C=O) groups is 2. The number of anilines is 2. The Hall–Kier alpha value is -2.59. The highest BCUT2D eigenvalue weighted by Gasteiger charge is 2.16. The van der Waals surface area contributed by atoms with Crippen LogP contribution >= 0.6 is 24.4 Å². The number of nitrogens with one attached hydrogen (secondary N) is 4. The summed E-state index contributed by atoms with van der Waals surface area (Å²) in [5.41, 5.74) is 0.708. The largest absolute Gasteiger partial charge is 0.611 e. The van der Waals surface area contributed by atoms with Crippen molar-refractivity contribution in [1.82, 2.24) is 10.6 Å². The summed E-state index contributed by atoms with van der Waals surface area (Å²) in [6.45, 7) is 0. The van der Waals surface area contributed by atoms with E-state index in [1.54, 1.807) is 12.1 Å². The van der Waals surface area contributed by atoms with Gasteiger partial charge in [0.15, 0.2) is 20.9 Å². The minimum absolute atomic E-state index is 0.0272. The molecule has 0 aliphatic carbocycles. The summed E-state index contributed by atoms with van der Waals surface area (Å²) >= 11 is 8.59. The zero-order valence-corrected chi connectivity index (χ0v) is 16.7. The van der Waals surface area contributed by atoms with Gasteiger partial charge in [0.2, 0.25) is 0 Å². The molecule has 0 bridgehead atoms. The van der Waals surface area contributed by atoms with Gasteiger partial charge in [-0.15, -0.1) is 6.42 Å². The lowest BCUT2D eigenvalue weighted by atomic mass is 10.2. The van der Waals surface area contributed by atoms with Gasteiger partial charge < -0.3 is 24.7 Å². The lowest BCUT2D eigenvalue weighted by Crippen LogP contribution is -2.35. The first-order chi connectivity index (χ1) is 12.8. The molecule has 2 amide bonds. The van der Waals surface area contributed by atoms with Crippen LogP contribution in [0.2, 0.25) is 0 Å². The van der Waals surface area contributed by atoms with Gasteiger partial charge in [-0.1, -0.05) is 5.92 Å². The molecule has 1 aromatic carbocycles. The molecule has 4 N–H and O–H groups in total. The number of rotatable bonds is 4. The van der Waals surface area contributed by atoms with E-state index in [4.69, 9.17) is 30.9 Å². The first-order valence-corrected chi connectivity index (χ1v) is 9.22. The Bertz CT molecular complexity index is 781. The summed E-state index contributed by atoms with van der Waals surface area (Å²) in [5.74, 6) is 2.34. The van der Waals surface area contributed by atoms with Gasteiger partial charge in [0.1, 0.15) is 0 Å².